The fraction of sp³-hybridized carbons (Fsp3) is 0.353. The van der Waals surface area contributed by atoms with Crippen LogP contribution in [0, 0.1) is 0 Å². The lowest BCUT2D eigenvalue weighted by Gasteiger charge is -2.27. The molecule has 1 atom stereocenters. The second-order valence-corrected chi connectivity index (χ2v) is 5.87. The number of fused-ring (bicyclic) bond motifs is 1. The van der Waals surface area contributed by atoms with Gasteiger partial charge in [0.15, 0.2) is 6.61 Å². The number of imide groups is 2. The molecule has 0 aliphatic carbocycles. The average molecular weight is 359 g/mol. The zero-order valence-corrected chi connectivity index (χ0v) is 14.0. The van der Waals surface area contributed by atoms with Crippen molar-refractivity contribution in [3.8, 4) is 5.75 Å². The van der Waals surface area contributed by atoms with E-state index in [1.807, 2.05) is 0 Å². The van der Waals surface area contributed by atoms with Crippen molar-refractivity contribution in [1.29, 1.82) is 0 Å². The van der Waals surface area contributed by atoms with Gasteiger partial charge < -0.3 is 10.1 Å². The minimum absolute atomic E-state index is 0.0199. The second kappa shape index (κ2) is 6.95. The molecule has 9 nitrogen and oxygen atoms in total. The first-order valence-corrected chi connectivity index (χ1v) is 8.18. The third-order valence-corrected chi connectivity index (χ3v) is 4.16. The van der Waals surface area contributed by atoms with Gasteiger partial charge in [0.05, 0.1) is 11.1 Å². The van der Waals surface area contributed by atoms with Crippen LogP contribution in [0.5, 0.6) is 5.75 Å². The van der Waals surface area contributed by atoms with Gasteiger partial charge in [0.2, 0.25) is 11.8 Å². The van der Waals surface area contributed by atoms with Crippen molar-refractivity contribution in [3.63, 3.8) is 0 Å². The number of nitrogens with one attached hydrogen (secondary N) is 2. The number of nitrogens with zero attached hydrogens (tertiary/aromatic N) is 1. The summed E-state index contributed by atoms with van der Waals surface area (Å²) in [5.74, 6) is -2.67. The second-order valence-electron chi connectivity index (χ2n) is 5.87. The van der Waals surface area contributed by atoms with Gasteiger partial charge in [-0.15, -0.1) is 0 Å². The molecule has 0 spiro atoms. The highest BCUT2D eigenvalue weighted by molar-refractivity contribution is 6.24. The zero-order chi connectivity index (χ0) is 18.8. The van der Waals surface area contributed by atoms with Crippen molar-refractivity contribution >= 4 is 29.5 Å². The maximum Gasteiger partial charge on any atom is 0.266 e. The lowest BCUT2D eigenvalue weighted by molar-refractivity contribution is -0.136. The maximum absolute atomic E-state index is 12.8. The van der Waals surface area contributed by atoms with Crippen LogP contribution in [0.4, 0.5) is 0 Å². The number of amides is 5. The van der Waals surface area contributed by atoms with Gasteiger partial charge >= 0.3 is 0 Å². The number of piperidine rings is 1. The molecule has 1 aromatic rings. The smallest absolute Gasteiger partial charge is 0.266 e. The predicted molar refractivity (Wildman–Crippen MR) is 87.3 cm³/mol. The summed E-state index contributed by atoms with van der Waals surface area (Å²) in [5.41, 5.74) is 0.125. The van der Waals surface area contributed by atoms with Crippen molar-refractivity contribution < 1.29 is 28.7 Å². The number of carbonyl (C=O) groups is 5. The van der Waals surface area contributed by atoms with Crippen molar-refractivity contribution in [2.45, 2.75) is 25.8 Å². The van der Waals surface area contributed by atoms with Crippen LogP contribution in [-0.4, -0.2) is 53.6 Å². The number of hydrogen-bond acceptors (Lipinski definition) is 6. The summed E-state index contributed by atoms with van der Waals surface area (Å²) >= 11 is 0. The molecule has 1 saturated heterocycles. The summed E-state index contributed by atoms with van der Waals surface area (Å²) in [6.07, 6.45) is 0.121. The number of carbonyl (C=O) groups excluding carboxylic acids is 5. The molecule has 1 aromatic carbocycles. The van der Waals surface area contributed by atoms with E-state index in [0.29, 0.717) is 6.54 Å². The molecule has 0 radical (unpaired) electrons. The van der Waals surface area contributed by atoms with Crippen LogP contribution in [0.2, 0.25) is 0 Å². The molecule has 2 aliphatic rings. The van der Waals surface area contributed by atoms with E-state index in [2.05, 4.69) is 10.6 Å². The minimum atomic E-state index is -1.05. The molecule has 1 fully saturated rings. The van der Waals surface area contributed by atoms with Crippen molar-refractivity contribution in [1.82, 2.24) is 15.5 Å². The molecule has 26 heavy (non-hydrogen) atoms. The summed E-state index contributed by atoms with van der Waals surface area (Å²) in [6.45, 7) is 1.90. The first-order valence-electron chi connectivity index (χ1n) is 8.18. The molecule has 2 heterocycles. The van der Waals surface area contributed by atoms with E-state index in [1.54, 1.807) is 6.92 Å². The summed E-state index contributed by atoms with van der Waals surface area (Å²) in [7, 11) is 0. The number of likely N-dealkylation sites (N-methyl/N-ethyl adjacent to an activating group) is 1. The average Bonchev–Trinajstić information content (AvgIpc) is 2.85. The van der Waals surface area contributed by atoms with Gasteiger partial charge in [0.1, 0.15) is 11.8 Å². The summed E-state index contributed by atoms with van der Waals surface area (Å²) in [5, 5.41) is 4.70. The van der Waals surface area contributed by atoms with E-state index in [1.165, 1.54) is 18.2 Å². The van der Waals surface area contributed by atoms with Gasteiger partial charge in [0, 0.05) is 13.0 Å². The molecule has 0 saturated carbocycles. The fourth-order valence-electron chi connectivity index (χ4n) is 3.00. The molecule has 0 bridgehead atoms. The van der Waals surface area contributed by atoms with Crippen LogP contribution in [0.1, 0.15) is 40.5 Å². The van der Waals surface area contributed by atoms with E-state index in [0.717, 1.165) is 4.90 Å². The summed E-state index contributed by atoms with van der Waals surface area (Å²) in [6, 6.07) is 3.43. The maximum atomic E-state index is 12.8. The number of ether oxygens (including phenoxy) is 1. The van der Waals surface area contributed by atoms with Crippen LogP contribution >= 0.6 is 0 Å². The number of benzene rings is 1. The molecule has 136 valence electrons. The normalized spacial score (nSPS) is 19.3. The lowest BCUT2D eigenvalue weighted by atomic mass is 10.0. The Morgan fingerprint density at radius 3 is 2.73 bits per heavy atom. The predicted octanol–water partition coefficient (Wildman–Crippen LogP) is -0.397. The van der Waals surface area contributed by atoms with Gasteiger partial charge in [-0.1, -0.05) is 6.07 Å². The molecule has 5 amide bonds. The third kappa shape index (κ3) is 3.03. The van der Waals surface area contributed by atoms with Crippen molar-refractivity contribution in [2.75, 3.05) is 13.2 Å². The van der Waals surface area contributed by atoms with Gasteiger partial charge in [-0.25, -0.2) is 0 Å². The van der Waals surface area contributed by atoms with Crippen LogP contribution in [0.25, 0.3) is 0 Å². The van der Waals surface area contributed by atoms with Gasteiger partial charge in [-0.05, 0) is 25.5 Å². The Hall–Kier alpha value is -3.23. The van der Waals surface area contributed by atoms with Crippen molar-refractivity contribution in [3.05, 3.63) is 29.3 Å². The van der Waals surface area contributed by atoms with E-state index in [9.17, 15) is 24.0 Å². The van der Waals surface area contributed by atoms with Crippen LogP contribution in [0.3, 0.4) is 0 Å². The standard InChI is InChI=1S/C17H17N3O6/c1-2-18-13(22)8-26-11-5-3-4-9-14(11)17(25)20(16(9)24)10-6-7-12(21)19-15(10)23/h3-5,10H,2,6-8H2,1H3,(H,18,22)(H,19,21,23). The van der Waals surface area contributed by atoms with Crippen molar-refractivity contribution in [2.24, 2.45) is 0 Å². The lowest BCUT2D eigenvalue weighted by Crippen LogP contribution is -2.54. The van der Waals surface area contributed by atoms with Crippen LogP contribution < -0.4 is 15.4 Å². The van der Waals surface area contributed by atoms with Gasteiger partial charge in [0.25, 0.3) is 17.7 Å². The number of rotatable bonds is 5. The van der Waals surface area contributed by atoms with Gasteiger partial charge in [-0.3, -0.25) is 34.2 Å². The van der Waals surface area contributed by atoms with E-state index in [4.69, 9.17) is 4.74 Å². The highest BCUT2D eigenvalue weighted by atomic mass is 16.5. The zero-order valence-electron chi connectivity index (χ0n) is 14.0. The summed E-state index contributed by atoms with van der Waals surface area (Å²) in [4.78, 5) is 61.2. The molecule has 9 heteroatoms. The number of hydrogen-bond donors (Lipinski definition) is 2. The SMILES string of the molecule is CCNC(=O)COc1cccc2c1C(=O)N(C1CCC(=O)NC1=O)C2=O. The Balaban J connectivity index is 1.86. The molecular formula is C17H17N3O6. The van der Waals surface area contributed by atoms with E-state index < -0.39 is 29.7 Å². The third-order valence-electron chi connectivity index (χ3n) is 4.16. The Morgan fingerprint density at radius 2 is 2.04 bits per heavy atom. The Morgan fingerprint density at radius 1 is 1.27 bits per heavy atom. The highest BCUT2D eigenvalue weighted by Gasteiger charge is 2.45. The molecule has 3 rings (SSSR count). The first kappa shape index (κ1) is 17.6. The summed E-state index contributed by atoms with van der Waals surface area (Å²) < 4.78 is 5.40. The molecule has 1 unspecified atom stereocenters. The van der Waals surface area contributed by atoms with E-state index in [-0.39, 0.29) is 42.2 Å². The quantitative estimate of drug-likeness (QED) is 0.690. The molecule has 2 aliphatic heterocycles. The molecule has 2 N–H and O–H groups in total. The molecular weight excluding hydrogens is 342 g/mol. The monoisotopic (exact) mass is 359 g/mol. The topological polar surface area (TPSA) is 122 Å². The van der Waals surface area contributed by atoms with Gasteiger partial charge in [-0.2, -0.15) is 0 Å². The van der Waals surface area contributed by atoms with Crippen LogP contribution in [0.15, 0.2) is 18.2 Å². The Labute approximate surface area is 148 Å². The Kier molecular flexibility index (Phi) is 4.70. The fourth-order valence-corrected chi connectivity index (χ4v) is 3.00. The first-order chi connectivity index (χ1) is 12.4. The highest BCUT2D eigenvalue weighted by Crippen LogP contribution is 2.33. The molecule has 0 aromatic heterocycles. The van der Waals surface area contributed by atoms with E-state index >= 15 is 0 Å². The Bertz CT molecular complexity index is 819. The largest absolute Gasteiger partial charge is 0.483 e. The minimum Gasteiger partial charge on any atom is -0.483 e. The van der Waals surface area contributed by atoms with Crippen LogP contribution in [-0.2, 0) is 14.4 Å².